The number of hydrogen-bond donors (Lipinski definition) is 2. The SMILES string of the molecule is CC(C)(C)OOc1ccccc1C(=CC(=O)O)C(=O)O. The van der Waals surface area contributed by atoms with Crippen LogP contribution in [0.15, 0.2) is 30.3 Å². The van der Waals surface area contributed by atoms with Crippen LogP contribution in [0.5, 0.6) is 5.75 Å². The highest BCUT2D eigenvalue weighted by molar-refractivity contribution is 6.20. The van der Waals surface area contributed by atoms with E-state index in [9.17, 15) is 9.59 Å². The van der Waals surface area contributed by atoms with Crippen molar-refractivity contribution in [3.05, 3.63) is 35.9 Å². The van der Waals surface area contributed by atoms with Crippen molar-refractivity contribution in [1.82, 2.24) is 0 Å². The maximum Gasteiger partial charge on any atom is 0.336 e. The van der Waals surface area contributed by atoms with Gasteiger partial charge in [0.2, 0.25) is 0 Å². The zero-order chi connectivity index (χ0) is 15.3. The molecule has 0 bridgehead atoms. The normalized spacial score (nSPS) is 12.1. The molecular weight excluding hydrogens is 264 g/mol. The van der Waals surface area contributed by atoms with E-state index in [1.54, 1.807) is 32.9 Å². The fourth-order valence-corrected chi connectivity index (χ4v) is 1.31. The first-order valence-corrected chi connectivity index (χ1v) is 5.84. The summed E-state index contributed by atoms with van der Waals surface area (Å²) in [6.45, 7) is 5.29. The van der Waals surface area contributed by atoms with Gasteiger partial charge in [0, 0.05) is 11.6 Å². The van der Waals surface area contributed by atoms with Crippen LogP contribution in [0.1, 0.15) is 26.3 Å². The van der Waals surface area contributed by atoms with E-state index in [0.29, 0.717) is 6.08 Å². The van der Waals surface area contributed by atoms with E-state index in [1.807, 2.05) is 0 Å². The van der Waals surface area contributed by atoms with Crippen LogP contribution in [0.2, 0.25) is 0 Å². The predicted octanol–water partition coefficient (Wildman–Crippen LogP) is 2.35. The second-order valence-electron chi connectivity index (χ2n) is 4.98. The second kappa shape index (κ2) is 6.21. The Hall–Kier alpha value is -2.34. The summed E-state index contributed by atoms with van der Waals surface area (Å²) < 4.78 is 0. The summed E-state index contributed by atoms with van der Waals surface area (Å²) in [5, 5.41) is 17.8. The van der Waals surface area contributed by atoms with E-state index in [4.69, 9.17) is 20.0 Å². The zero-order valence-electron chi connectivity index (χ0n) is 11.4. The molecule has 6 nitrogen and oxygen atoms in total. The van der Waals surface area contributed by atoms with Gasteiger partial charge in [0.05, 0.1) is 5.57 Å². The third kappa shape index (κ3) is 4.74. The Bertz CT molecular complexity index is 539. The van der Waals surface area contributed by atoms with Crippen LogP contribution in [-0.2, 0) is 14.5 Å². The van der Waals surface area contributed by atoms with Crippen LogP contribution in [-0.4, -0.2) is 27.8 Å². The Kier molecular flexibility index (Phi) is 4.88. The summed E-state index contributed by atoms with van der Waals surface area (Å²) in [4.78, 5) is 32.1. The summed E-state index contributed by atoms with van der Waals surface area (Å²) in [6.07, 6.45) is 0.613. The van der Waals surface area contributed by atoms with Crippen LogP contribution in [0, 0.1) is 0 Å². The summed E-state index contributed by atoms with van der Waals surface area (Å²) in [6, 6.07) is 6.16. The van der Waals surface area contributed by atoms with Gasteiger partial charge in [-0.3, -0.25) is 0 Å². The molecule has 0 atom stereocenters. The van der Waals surface area contributed by atoms with Gasteiger partial charge in [-0.25, -0.2) is 9.59 Å². The summed E-state index contributed by atoms with van der Waals surface area (Å²) in [7, 11) is 0. The van der Waals surface area contributed by atoms with Gasteiger partial charge in [0.15, 0.2) is 5.75 Å². The molecule has 0 fully saturated rings. The highest BCUT2D eigenvalue weighted by atomic mass is 17.2. The number of aliphatic carboxylic acids is 2. The molecule has 0 amide bonds. The van der Waals surface area contributed by atoms with Gasteiger partial charge in [-0.05, 0) is 26.8 Å². The van der Waals surface area contributed by atoms with Gasteiger partial charge < -0.3 is 15.1 Å². The molecule has 0 aliphatic heterocycles. The molecule has 0 aliphatic carbocycles. The van der Waals surface area contributed by atoms with E-state index < -0.39 is 17.5 Å². The fraction of sp³-hybridized carbons (Fsp3) is 0.286. The largest absolute Gasteiger partial charge is 0.478 e. The van der Waals surface area contributed by atoms with Gasteiger partial charge in [0.25, 0.3) is 0 Å². The predicted molar refractivity (Wildman–Crippen MR) is 71.2 cm³/mol. The Morgan fingerprint density at radius 3 is 2.25 bits per heavy atom. The first-order valence-electron chi connectivity index (χ1n) is 5.84. The number of rotatable bonds is 5. The molecule has 0 radical (unpaired) electrons. The molecule has 0 spiro atoms. The van der Waals surface area contributed by atoms with Crippen LogP contribution < -0.4 is 4.89 Å². The fourth-order valence-electron chi connectivity index (χ4n) is 1.31. The molecule has 0 aliphatic rings. The zero-order valence-corrected chi connectivity index (χ0v) is 11.4. The number of para-hydroxylation sites is 1. The first kappa shape index (κ1) is 15.7. The first-order chi connectivity index (χ1) is 9.20. The average molecular weight is 280 g/mol. The number of benzene rings is 1. The standard InChI is InChI=1S/C14H16O6/c1-14(2,3)20-19-11-7-5-4-6-9(11)10(13(17)18)8-12(15)16/h4-8H,1-3H3,(H,15,16)(H,17,18). The third-order valence-corrected chi connectivity index (χ3v) is 2.06. The lowest BCUT2D eigenvalue weighted by atomic mass is 10.0. The lowest BCUT2D eigenvalue weighted by Gasteiger charge is -2.19. The summed E-state index contributed by atoms with van der Waals surface area (Å²) in [5.41, 5.74) is -0.843. The molecule has 1 aromatic rings. The van der Waals surface area contributed by atoms with Crippen molar-refractivity contribution in [2.24, 2.45) is 0 Å². The van der Waals surface area contributed by atoms with Gasteiger partial charge in [-0.2, -0.15) is 4.89 Å². The van der Waals surface area contributed by atoms with Crippen molar-refractivity contribution in [2.45, 2.75) is 26.4 Å². The van der Waals surface area contributed by atoms with Gasteiger partial charge in [0.1, 0.15) is 5.60 Å². The summed E-state index contributed by atoms with van der Waals surface area (Å²) >= 11 is 0. The summed E-state index contributed by atoms with van der Waals surface area (Å²) in [5.74, 6) is -2.58. The smallest absolute Gasteiger partial charge is 0.336 e. The average Bonchev–Trinajstić information content (AvgIpc) is 2.32. The van der Waals surface area contributed by atoms with Crippen molar-refractivity contribution in [3.63, 3.8) is 0 Å². The molecule has 1 aromatic carbocycles. The minimum atomic E-state index is -1.36. The molecular formula is C14H16O6. The third-order valence-electron chi connectivity index (χ3n) is 2.06. The highest BCUT2D eigenvalue weighted by Crippen LogP contribution is 2.27. The lowest BCUT2D eigenvalue weighted by molar-refractivity contribution is -0.274. The molecule has 1 rings (SSSR count). The van der Waals surface area contributed by atoms with Crippen LogP contribution in [0.4, 0.5) is 0 Å². The van der Waals surface area contributed by atoms with E-state index in [-0.39, 0.29) is 16.9 Å². The van der Waals surface area contributed by atoms with Crippen molar-refractivity contribution >= 4 is 17.5 Å². The molecule has 0 unspecified atom stereocenters. The second-order valence-corrected chi connectivity index (χ2v) is 4.98. The van der Waals surface area contributed by atoms with Crippen molar-refractivity contribution < 1.29 is 29.6 Å². The molecule has 6 heteroatoms. The Balaban J connectivity index is 3.17. The minimum Gasteiger partial charge on any atom is -0.478 e. The van der Waals surface area contributed by atoms with Gasteiger partial charge >= 0.3 is 11.9 Å². The molecule has 2 N–H and O–H groups in total. The van der Waals surface area contributed by atoms with Crippen molar-refractivity contribution in [2.75, 3.05) is 0 Å². The highest BCUT2D eigenvalue weighted by Gasteiger charge is 2.19. The topological polar surface area (TPSA) is 93.1 Å². The van der Waals surface area contributed by atoms with Gasteiger partial charge in [-0.15, -0.1) is 0 Å². The minimum absolute atomic E-state index is 0.131. The van der Waals surface area contributed by atoms with E-state index >= 15 is 0 Å². The molecule has 20 heavy (non-hydrogen) atoms. The Labute approximate surface area is 116 Å². The van der Waals surface area contributed by atoms with Crippen LogP contribution >= 0.6 is 0 Å². The molecule has 0 heterocycles. The number of carboxylic acid groups (broad SMARTS) is 2. The van der Waals surface area contributed by atoms with Crippen LogP contribution in [0.25, 0.3) is 5.57 Å². The molecule has 0 saturated carbocycles. The monoisotopic (exact) mass is 280 g/mol. The van der Waals surface area contributed by atoms with Crippen molar-refractivity contribution in [1.29, 1.82) is 0 Å². The van der Waals surface area contributed by atoms with Crippen molar-refractivity contribution in [3.8, 4) is 5.75 Å². The lowest BCUT2D eigenvalue weighted by Crippen LogP contribution is -2.21. The molecule has 0 saturated heterocycles. The molecule has 108 valence electrons. The van der Waals surface area contributed by atoms with Gasteiger partial charge in [-0.1, -0.05) is 18.2 Å². The molecule has 0 aromatic heterocycles. The van der Waals surface area contributed by atoms with E-state index in [2.05, 4.69) is 0 Å². The Morgan fingerprint density at radius 1 is 1.15 bits per heavy atom. The Morgan fingerprint density at radius 2 is 1.75 bits per heavy atom. The maximum absolute atomic E-state index is 11.2. The quantitative estimate of drug-likeness (QED) is 0.488. The number of carboxylic acids is 2. The van der Waals surface area contributed by atoms with E-state index in [0.717, 1.165) is 0 Å². The number of carbonyl (C=O) groups is 2. The maximum atomic E-state index is 11.2. The number of hydrogen-bond acceptors (Lipinski definition) is 4. The van der Waals surface area contributed by atoms with Crippen LogP contribution in [0.3, 0.4) is 0 Å². The van der Waals surface area contributed by atoms with E-state index in [1.165, 1.54) is 12.1 Å².